The van der Waals surface area contributed by atoms with Gasteiger partial charge in [0.05, 0.1) is 12.5 Å². The highest BCUT2D eigenvalue weighted by molar-refractivity contribution is 6.30. The zero-order valence-electron chi connectivity index (χ0n) is 20.7. The van der Waals surface area contributed by atoms with Crippen LogP contribution in [0, 0.1) is 0 Å². The summed E-state index contributed by atoms with van der Waals surface area (Å²) in [6.45, 7) is 8.20. The van der Waals surface area contributed by atoms with Gasteiger partial charge in [0.25, 0.3) is 0 Å². The van der Waals surface area contributed by atoms with E-state index in [1.165, 1.54) is 0 Å². The standard InChI is InChI=1S/C27H34ClN3O4/c1-18(19-9-11-21(28)12-10-19)31(26(34)35-27(2,3)4)14-13-29-22(16-25(32)33)15-20-17-30-24-8-6-5-7-23(20)24/h5-12,17-18,22,29-30H,13-16H2,1-4H3,(H,32,33)/t18?,22-/m1/s1. The molecule has 7 nitrogen and oxygen atoms in total. The Hall–Kier alpha value is -3.03. The third-order valence-corrected chi connectivity index (χ3v) is 6.05. The molecule has 0 aliphatic rings. The summed E-state index contributed by atoms with van der Waals surface area (Å²) >= 11 is 6.03. The first-order valence-electron chi connectivity index (χ1n) is 11.8. The maximum absolute atomic E-state index is 13.0. The third-order valence-electron chi connectivity index (χ3n) is 5.80. The van der Waals surface area contributed by atoms with Crippen LogP contribution in [0.1, 0.15) is 51.3 Å². The molecule has 2 atom stereocenters. The van der Waals surface area contributed by atoms with Crippen LogP contribution < -0.4 is 5.32 Å². The Balaban J connectivity index is 1.72. The first-order valence-corrected chi connectivity index (χ1v) is 12.2. The second kappa shape index (κ2) is 11.6. The fourth-order valence-electron chi connectivity index (χ4n) is 4.07. The van der Waals surface area contributed by atoms with Crippen molar-refractivity contribution in [3.8, 4) is 0 Å². The number of halogens is 1. The van der Waals surface area contributed by atoms with E-state index in [0.29, 0.717) is 24.5 Å². The van der Waals surface area contributed by atoms with E-state index in [1.54, 1.807) is 17.0 Å². The highest BCUT2D eigenvalue weighted by Gasteiger charge is 2.27. The second-order valence-corrected chi connectivity index (χ2v) is 10.2. The minimum Gasteiger partial charge on any atom is -0.481 e. The quantitative estimate of drug-likeness (QED) is 0.328. The lowest BCUT2D eigenvalue weighted by Crippen LogP contribution is -2.44. The van der Waals surface area contributed by atoms with Crippen LogP contribution in [0.15, 0.2) is 54.7 Å². The van der Waals surface area contributed by atoms with Crippen molar-refractivity contribution in [3.05, 3.63) is 70.9 Å². The number of ether oxygens (including phenoxy) is 1. The van der Waals surface area contributed by atoms with Crippen LogP contribution in [-0.2, 0) is 16.0 Å². The number of nitrogens with one attached hydrogen (secondary N) is 2. The van der Waals surface area contributed by atoms with Gasteiger partial charge in [-0.1, -0.05) is 41.9 Å². The van der Waals surface area contributed by atoms with Crippen LogP contribution in [0.2, 0.25) is 5.02 Å². The number of aliphatic carboxylic acids is 1. The van der Waals surface area contributed by atoms with E-state index in [4.69, 9.17) is 16.3 Å². The highest BCUT2D eigenvalue weighted by atomic mass is 35.5. The molecule has 0 radical (unpaired) electrons. The number of aromatic amines is 1. The molecule has 8 heteroatoms. The Morgan fingerprint density at radius 3 is 2.49 bits per heavy atom. The van der Waals surface area contributed by atoms with E-state index in [9.17, 15) is 14.7 Å². The maximum atomic E-state index is 13.0. The molecule has 0 saturated heterocycles. The number of H-pyrrole nitrogens is 1. The third kappa shape index (κ3) is 7.73. The number of rotatable bonds is 10. The zero-order chi connectivity index (χ0) is 25.6. The van der Waals surface area contributed by atoms with Gasteiger partial charge in [-0.2, -0.15) is 0 Å². The van der Waals surface area contributed by atoms with Crippen molar-refractivity contribution in [1.29, 1.82) is 0 Å². The predicted octanol–water partition coefficient (Wildman–Crippen LogP) is 5.80. The number of para-hydroxylation sites is 1. The lowest BCUT2D eigenvalue weighted by atomic mass is 10.0. The number of nitrogens with zero attached hydrogens (tertiary/aromatic N) is 1. The van der Waals surface area contributed by atoms with E-state index >= 15 is 0 Å². The minimum absolute atomic E-state index is 0.0291. The minimum atomic E-state index is -0.874. The molecule has 3 aromatic rings. The lowest BCUT2D eigenvalue weighted by Gasteiger charge is -2.32. The number of carbonyl (C=O) groups excluding carboxylic acids is 1. The molecule has 0 aliphatic carbocycles. The predicted molar refractivity (Wildman–Crippen MR) is 139 cm³/mol. The molecular formula is C27H34ClN3O4. The van der Waals surface area contributed by atoms with Gasteiger partial charge in [0, 0.05) is 41.3 Å². The maximum Gasteiger partial charge on any atom is 0.410 e. The van der Waals surface area contributed by atoms with Gasteiger partial charge in [-0.25, -0.2) is 4.79 Å². The van der Waals surface area contributed by atoms with Gasteiger partial charge in [-0.05, 0) is 63.4 Å². The Bertz CT molecular complexity index is 1140. The van der Waals surface area contributed by atoms with Crippen molar-refractivity contribution in [2.45, 2.75) is 58.2 Å². The van der Waals surface area contributed by atoms with Gasteiger partial charge < -0.3 is 25.0 Å². The zero-order valence-corrected chi connectivity index (χ0v) is 21.4. The largest absolute Gasteiger partial charge is 0.481 e. The van der Waals surface area contributed by atoms with Crippen molar-refractivity contribution in [2.75, 3.05) is 13.1 Å². The number of fused-ring (bicyclic) bond motifs is 1. The molecule has 1 amide bonds. The van der Waals surface area contributed by atoms with E-state index in [2.05, 4.69) is 10.3 Å². The number of carboxylic acid groups (broad SMARTS) is 1. The van der Waals surface area contributed by atoms with E-state index in [1.807, 2.05) is 70.3 Å². The monoisotopic (exact) mass is 499 g/mol. The van der Waals surface area contributed by atoms with Gasteiger partial charge in [0.2, 0.25) is 0 Å². The van der Waals surface area contributed by atoms with Gasteiger partial charge in [-0.15, -0.1) is 0 Å². The first kappa shape index (κ1) is 26.6. The normalized spacial score (nSPS) is 13.4. The fraction of sp³-hybridized carbons (Fsp3) is 0.407. The van der Waals surface area contributed by atoms with Crippen LogP contribution in [0.5, 0.6) is 0 Å². The molecule has 0 saturated carbocycles. The molecule has 0 fully saturated rings. The lowest BCUT2D eigenvalue weighted by molar-refractivity contribution is -0.137. The van der Waals surface area contributed by atoms with E-state index < -0.39 is 17.7 Å². The fourth-order valence-corrected chi connectivity index (χ4v) is 4.19. The molecule has 0 aliphatic heterocycles. The summed E-state index contributed by atoms with van der Waals surface area (Å²) < 4.78 is 5.66. The topological polar surface area (TPSA) is 94.7 Å². The summed E-state index contributed by atoms with van der Waals surface area (Å²) in [5.41, 5.74) is 2.37. The van der Waals surface area contributed by atoms with Crippen LogP contribution >= 0.6 is 11.6 Å². The number of carboxylic acids is 1. The van der Waals surface area contributed by atoms with Crippen molar-refractivity contribution >= 4 is 34.6 Å². The first-order chi connectivity index (χ1) is 16.5. The van der Waals surface area contributed by atoms with Crippen LogP contribution in [0.25, 0.3) is 10.9 Å². The number of hydrogen-bond acceptors (Lipinski definition) is 4. The number of benzene rings is 2. The number of carbonyl (C=O) groups is 2. The highest BCUT2D eigenvalue weighted by Crippen LogP contribution is 2.24. The van der Waals surface area contributed by atoms with Gasteiger partial charge in [0.1, 0.15) is 5.60 Å². The molecular weight excluding hydrogens is 466 g/mol. The molecule has 3 rings (SSSR count). The molecule has 0 bridgehead atoms. The Labute approximate surface area is 211 Å². The van der Waals surface area contributed by atoms with Crippen molar-refractivity contribution in [2.24, 2.45) is 0 Å². The summed E-state index contributed by atoms with van der Waals surface area (Å²) in [6, 6.07) is 14.8. The molecule has 2 aromatic carbocycles. The van der Waals surface area contributed by atoms with Gasteiger partial charge >= 0.3 is 12.1 Å². The number of aromatic nitrogens is 1. The average molecular weight is 500 g/mol. The smallest absolute Gasteiger partial charge is 0.410 e. The van der Waals surface area contributed by atoms with E-state index in [0.717, 1.165) is 22.0 Å². The van der Waals surface area contributed by atoms with Crippen LogP contribution in [0.4, 0.5) is 4.79 Å². The summed E-state index contributed by atoms with van der Waals surface area (Å²) in [5.74, 6) is -0.874. The number of hydrogen-bond donors (Lipinski definition) is 3. The Morgan fingerprint density at radius 2 is 1.83 bits per heavy atom. The molecule has 35 heavy (non-hydrogen) atoms. The molecule has 0 spiro atoms. The molecule has 3 N–H and O–H groups in total. The SMILES string of the molecule is CC(c1ccc(Cl)cc1)N(CCN[C@@H](CC(=O)O)Cc1c[nH]c2ccccc12)C(=O)OC(C)(C)C. The Morgan fingerprint density at radius 1 is 1.14 bits per heavy atom. The molecule has 1 heterocycles. The number of amides is 1. The summed E-state index contributed by atoms with van der Waals surface area (Å²) in [6.07, 6.45) is 2.03. The average Bonchev–Trinajstić information content (AvgIpc) is 3.18. The van der Waals surface area contributed by atoms with Crippen molar-refractivity contribution < 1.29 is 19.4 Å². The van der Waals surface area contributed by atoms with Crippen LogP contribution in [-0.4, -0.2) is 51.8 Å². The Kier molecular flexibility index (Phi) is 8.81. The van der Waals surface area contributed by atoms with Gasteiger partial charge in [0.15, 0.2) is 0 Å². The molecule has 188 valence electrons. The second-order valence-electron chi connectivity index (χ2n) is 9.71. The molecule has 1 aromatic heterocycles. The van der Waals surface area contributed by atoms with Crippen molar-refractivity contribution in [1.82, 2.24) is 15.2 Å². The van der Waals surface area contributed by atoms with E-state index in [-0.39, 0.29) is 18.5 Å². The van der Waals surface area contributed by atoms with Crippen molar-refractivity contribution in [3.63, 3.8) is 0 Å². The summed E-state index contributed by atoms with van der Waals surface area (Å²) in [4.78, 5) is 29.5. The summed E-state index contributed by atoms with van der Waals surface area (Å²) in [7, 11) is 0. The summed E-state index contributed by atoms with van der Waals surface area (Å²) in [5, 5.41) is 14.5. The molecule has 1 unspecified atom stereocenters. The van der Waals surface area contributed by atoms with Gasteiger partial charge in [-0.3, -0.25) is 4.79 Å². The van der Waals surface area contributed by atoms with Crippen LogP contribution in [0.3, 0.4) is 0 Å².